The van der Waals surface area contributed by atoms with Crippen LogP contribution in [-0.2, 0) is 13.6 Å². The molecule has 0 fully saturated rings. The number of carbonyl (C=O) groups excluding carboxylic acids is 1. The molecule has 6 heteroatoms. The van der Waals surface area contributed by atoms with Crippen LogP contribution in [0.3, 0.4) is 0 Å². The lowest BCUT2D eigenvalue weighted by Gasteiger charge is -2.25. The van der Waals surface area contributed by atoms with Crippen LogP contribution in [0.25, 0.3) is 11.3 Å². The van der Waals surface area contributed by atoms with Crippen LogP contribution in [0.4, 0.5) is 0 Å². The molecule has 0 atom stereocenters. The molecule has 0 saturated heterocycles. The summed E-state index contributed by atoms with van der Waals surface area (Å²) in [5.74, 6) is 2.05. The van der Waals surface area contributed by atoms with Gasteiger partial charge in [0.1, 0.15) is 5.69 Å². The fourth-order valence-corrected chi connectivity index (χ4v) is 4.07. The Bertz CT molecular complexity index is 1270. The molecule has 1 aromatic heterocycles. The summed E-state index contributed by atoms with van der Waals surface area (Å²) in [6.07, 6.45) is 0. The average molecular weight is 470 g/mol. The molecule has 1 heterocycles. The Morgan fingerprint density at radius 3 is 2.14 bits per heavy atom. The Morgan fingerprint density at radius 1 is 0.914 bits per heavy atom. The Kier molecular flexibility index (Phi) is 7.51. The van der Waals surface area contributed by atoms with Crippen molar-refractivity contribution in [1.29, 1.82) is 0 Å². The topological polar surface area (TPSA) is 56.6 Å². The van der Waals surface area contributed by atoms with Gasteiger partial charge in [-0.1, -0.05) is 74.5 Å². The Balaban J connectivity index is 1.80. The van der Waals surface area contributed by atoms with Crippen molar-refractivity contribution in [1.82, 2.24) is 14.7 Å². The molecule has 35 heavy (non-hydrogen) atoms. The lowest BCUT2D eigenvalue weighted by molar-refractivity contribution is 0.0722. The van der Waals surface area contributed by atoms with Crippen LogP contribution in [0, 0.1) is 5.92 Å². The second-order valence-corrected chi connectivity index (χ2v) is 8.82. The summed E-state index contributed by atoms with van der Waals surface area (Å²) >= 11 is 0. The largest absolute Gasteiger partial charge is 0.493 e. The van der Waals surface area contributed by atoms with Crippen molar-refractivity contribution >= 4 is 5.91 Å². The van der Waals surface area contributed by atoms with Crippen LogP contribution < -0.4 is 9.47 Å². The minimum atomic E-state index is -0.0228. The van der Waals surface area contributed by atoms with Gasteiger partial charge in [-0.05, 0) is 30.2 Å². The number of benzene rings is 3. The van der Waals surface area contributed by atoms with Gasteiger partial charge in [0.2, 0.25) is 5.88 Å². The van der Waals surface area contributed by atoms with Crippen LogP contribution in [0.5, 0.6) is 17.4 Å². The number of rotatable bonds is 9. The fourth-order valence-electron chi connectivity index (χ4n) is 4.07. The molecule has 0 unspecified atom stereocenters. The van der Waals surface area contributed by atoms with Gasteiger partial charge in [-0.25, -0.2) is 4.68 Å². The maximum absolute atomic E-state index is 13.5. The number of methoxy groups -OCH3 is 1. The van der Waals surface area contributed by atoms with Crippen molar-refractivity contribution < 1.29 is 14.3 Å². The van der Waals surface area contributed by atoms with Gasteiger partial charge < -0.3 is 14.4 Å². The number of amides is 1. The minimum absolute atomic E-state index is 0.0228. The van der Waals surface area contributed by atoms with Crippen LogP contribution >= 0.6 is 0 Å². The number of aromatic nitrogens is 2. The van der Waals surface area contributed by atoms with Crippen molar-refractivity contribution in [2.75, 3.05) is 13.7 Å². The van der Waals surface area contributed by atoms with E-state index in [-0.39, 0.29) is 11.8 Å². The summed E-state index contributed by atoms with van der Waals surface area (Å²) in [6.45, 7) is 5.18. The first-order valence-electron chi connectivity index (χ1n) is 11.7. The van der Waals surface area contributed by atoms with Crippen LogP contribution in [-0.4, -0.2) is 34.2 Å². The predicted octanol–water partition coefficient (Wildman–Crippen LogP) is 6.19. The number of nitrogens with zero attached hydrogens (tertiary/aromatic N) is 3. The normalized spacial score (nSPS) is 10.9. The molecule has 180 valence electrons. The smallest absolute Gasteiger partial charge is 0.254 e. The summed E-state index contributed by atoms with van der Waals surface area (Å²) in [7, 11) is 3.47. The first-order chi connectivity index (χ1) is 17.0. The van der Waals surface area contributed by atoms with E-state index in [1.807, 2.05) is 96.9 Å². The first kappa shape index (κ1) is 24.1. The summed E-state index contributed by atoms with van der Waals surface area (Å²) in [6, 6.07) is 26.9. The molecular formula is C29H31N3O3. The van der Waals surface area contributed by atoms with Gasteiger partial charge in [0.05, 0.1) is 19.2 Å². The van der Waals surface area contributed by atoms with Crippen molar-refractivity contribution in [3.05, 3.63) is 96.1 Å². The molecule has 4 rings (SSSR count). The average Bonchev–Trinajstić information content (AvgIpc) is 3.19. The lowest BCUT2D eigenvalue weighted by atomic mass is 10.1. The quantitative estimate of drug-likeness (QED) is 0.293. The van der Waals surface area contributed by atoms with Crippen molar-refractivity contribution in [2.45, 2.75) is 20.4 Å². The number of hydrogen-bond donors (Lipinski definition) is 0. The molecule has 4 aromatic rings. The fraction of sp³-hybridized carbons (Fsp3) is 0.241. The zero-order valence-electron chi connectivity index (χ0n) is 20.6. The second kappa shape index (κ2) is 10.9. The van der Waals surface area contributed by atoms with E-state index >= 15 is 0 Å². The number of carbonyl (C=O) groups is 1. The Hall–Kier alpha value is -4.06. The highest BCUT2D eigenvalue weighted by molar-refractivity contribution is 5.94. The van der Waals surface area contributed by atoms with Gasteiger partial charge in [-0.15, -0.1) is 0 Å². The van der Waals surface area contributed by atoms with Crippen LogP contribution in [0.1, 0.15) is 29.8 Å². The summed E-state index contributed by atoms with van der Waals surface area (Å²) in [4.78, 5) is 15.4. The molecule has 0 aliphatic heterocycles. The maximum atomic E-state index is 13.5. The molecule has 0 radical (unpaired) electrons. The number of ether oxygens (including phenoxy) is 2. The highest BCUT2D eigenvalue weighted by atomic mass is 16.5. The van der Waals surface area contributed by atoms with Crippen molar-refractivity contribution in [3.63, 3.8) is 0 Å². The second-order valence-electron chi connectivity index (χ2n) is 8.82. The molecule has 1 amide bonds. The van der Waals surface area contributed by atoms with Gasteiger partial charge in [-0.3, -0.25) is 4.79 Å². The van der Waals surface area contributed by atoms with Gasteiger partial charge >= 0.3 is 0 Å². The summed E-state index contributed by atoms with van der Waals surface area (Å²) < 4.78 is 13.6. The number of aryl methyl sites for hydroxylation is 1. The number of para-hydroxylation sites is 2. The van der Waals surface area contributed by atoms with Gasteiger partial charge in [0.15, 0.2) is 11.5 Å². The molecule has 0 N–H and O–H groups in total. The van der Waals surface area contributed by atoms with E-state index in [0.717, 1.165) is 16.8 Å². The molecule has 3 aromatic carbocycles. The van der Waals surface area contributed by atoms with E-state index in [1.165, 1.54) is 0 Å². The van der Waals surface area contributed by atoms with Crippen molar-refractivity contribution in [2.24, 2.45) is 13.0 Å². The molecule has 6 nitrogen and oxygen atoms in total. The molecule has 0 spiro atoms. The Morgan fingerprint density at radius 2 is 1.51 bits per heavy atom. The molecular weight excluding hydrogens is 438 g/mol. The summed E-state index contributed by atoms with van der Waals surface area (Å²) in [5, 5.41) is 4.81. The number of hydrogen-bond acceptors (Lipinski definition) is 4. The van der Waals surface area contributed by atoms with E-state index in [1.54, 1.807) is 11.8 Å². The Labute approximate surface area is 206 Å². The molecule has 0 bridgehead atoms. The zero-order valence-corrected chi connectivity index (χ0v) is 20.6. The molecule has 0 saturated carbocycles. The van der Waals surface area contributed by atoms with Crippen LogP contribution in [0.2, 0.25) is 0 Å². The summed E-state index contributed by atoms with van der Waals surface area (Å²) in [5.41, 5.74) is 3.25. The van der Waals surface area contributed by atoms with Gasteiger partial charge in [0.25, 0.3) is 5.91 Å². The van der Waals surface area contributed by atoms with E-state index in [2.05, 4.69) is 13.8 Å². The van der Waals surface area contributed by atoms with E-state index in [0.29, 0.717) is 36.0 Å². The van der Waals surface area contributed by atoms with E-state index in [9.17, 15) is 4.79 Å². The van der Waals surface area contributed by atoms with Gasteiger partial charge in [0, 0.05) is 24.7 Å². The lowest BCUT2D eigenvalue weighted by Crippen LogP contribution is -2.34. The molecule has 0 aliphatic rings. The minimum Gasteiger partial charge on any atom is -0.493 e. The highest BCUT2D eigenvalue weighted by Crippen LogP contribution is 2.37. The zero-order chi connectivity index (χ0) is 24.8. The third-order valence-corrected chi connectivity index (χ3v) is 5.65. The monoisotopic (exact) mass is 469 g/mol. The van der Waals surface area contributed by atoms with Gasteiger partial charge in [-0.2, -0.15) is 5.10 Å². The van der Waals surface area contributed by atoms with E-state index in [4.69, 9.17) is 14.6 Å². The predicted molar refractivity (Wildman–Crippen MR) is 138 cm³/mol. The standard InChI is InChI=1S/C29H31N3O3/c1-21(2)19-32(28(33)23-15-9-6-10-16-23)20-24-27(22-13-7-5-8-14-22)30-31(3)29(24)35-26-18-12-11-17-25(26)34-4/h5-18,21H,19-20H2,1-4H3. The third kappa shape index (κ3) is 5.54. The van der Waals surface area contributed by atoms with Crippen LogP contribution in [0.15, 0.2) is 84.9 Å². The van der Waals surface area contributed by atoms with E-state index < -0.39 is 0 Å². The third-order valence-electron chi connectivity index (χ3n) is 5.65. The highest BCUT2D eigenvalue weighted by Gasteiger charge is 2.26. The first-order valence-corrected chi connectivity index (χ1v) is 11.7. The molecule has 0 aliphatic carbocycles. The SMILES string of the molecule is COc1ccccc1Oc1c(CN(CC(C)C)C(=O)c2ccccc2)c(-c2ccccc2)nn1C. The van der Waals surface area contributed by atoms with Crippen molar-refractivity contribution in [3.8, 4) is 28.6 Å². The maximum Gasteiger partial charge on any atom is 0.254 e.